The highest BCUT2D eigenvalue weighted by Crippen LogP contribution is 2.66. The van der Waals surface area contributed by atoms with Gasteiger partial charge in [0.1, 0.15) is 28.3 Å². The van der Waals surface area contributed by atoms with E-state index in [0.29, 0.717) is 41.5 Å². The maximum atomic E-state index is 7.44. The zero-order chi connectivity index (χ0) is 45.3. The van der Waals surface area contributed by atoms with Crippen LogP contribution in [0.25, 0.3) is 65.2 Å². The number of fused-ring (bicyclic) bond motifs is 16. The summed E-state index contributed by atoms with van der Waals surface area (Å²) in [4.78, 5) is 8.86. The molecular formula is C64H52N2O2S. The van der Waals surface area contributed by atoms with Crippen LogP contribution in [-0.4, -0.2) is 16.8 Å². The molecule has 7 aliphatic rings. The van der Waals surface area contributed by atoms with Gasteiger partial charge in [-0.1, -0.05) is 165 Å². The smallest absolute Gasteiger partial charge is 0.146 e. The number of allylic oxidation sites excluding steroid dienone is 6. The third-order valence-electron chi connectivity index (χ3n) is 18.0. The molecule has 0 spiro atoms. The van der Waals surface area contributed by atoms with Gasteiger partial charge >= 0.3 is 0 Å². The zero-order valence-electron chi connectivity index (χ0n) is 38.9. The third kappa shape index (κ3) is 5.54. The molecule has 0 N–H and O–H groups in total. The molecule has 336 valence electrons. The highest BCUT2D eigenvalue weighted by Gasteiger charge is 2.65. The summed E-state index contributed by atoms with van der Waals surface area (Å²) in [5.74, 6) is 4.72. The van der Waals surface area contributed by atoms with Gasteiger partial charge in [0.25, 0.3) is 0 Å². The lowest BCUT2D eigenvalue weighted by molar-refractivity contribution is 0.314. The van der Waals surface area contributed by atoms with Crippen LogP contribution in [0.15, 0.2) is 171 Å². The number of aliphatic imine (C=N–C) groups is 1. The molecule has 2 saturated carbocycles. The zero-order valence-corrected chi connectivity index (χ0v) is 39.8. The second kappa shape index (κ2) is 14.2. The van der Waals surface area contributed by atoms with Crippen LogP contribution in [0.4, 0.5) is 0 Å². The van der Waals surface area contributed by atoms with E-state index in [-0.39, 0.29) is 17.5 Å². The summed E-state index contributed by atoms with van der Waals surface area (Å²) >= 11 is 1.94. The Labute approximate surface area is 406 Å². The monoisotopic (exact) mass is 912 g/mol. The fourth-order valence-corrected chi connectivity index (χ4v) is 16.0. The molecule has 9 unspecified atom stereocenters. The number of thiophene rings is 1. The lowest BCUT2D eigenvalue weighted by Crippen LogP contribution is -2.33. The predicted octanol–water partition coefficient (Wildman–Crippen LogP) is 16.4. The first-order valence-corrected chi connectivity index (χ1v) is 26.4. The van der Waals surface area contributed by atoms with E-state index >= 15 is 0 Å². The lowest BCUT2D eigenvalue weighted by Gasteiger charge is -2.43. The number of benzene rings is 6. The number of rotatable bonds is 4. The van der Waals surface area contributed by atoms with E-state index in [1.807, 2.05) is 11.3 Å². The topological polar surface area (TPSA) is 41.6 Å². The molecule has 6 aromatic carbocycles. The van der Waals surface area contributed by atoms with Gasteiger partial charge in [0, 0.05) is 59.3 Å². The molecule has 5 heterocycles. The highest BCUT2D eigenvalue weighted by molar-refractivity contribution is 7.26. The summed E-state index contributed by atoms with van der Waals surface area (Å²) in [6.07, 6.45) is 22.6. The van der Waals surface area contributed by atoms with Crippen molar-refractivity contribution in [2.45, 2.75) is 70.0 Å². The maximum absolute atomic E-state index is 7.44. The Hall–Kier alpha value is -6.69. The molecule has 1 saturated heterocycles. The number of para-hydroxylation sites is 2. The van der Waals surface area contributed by atoms with Gasteiger partial charge in [-0.25, -0.2) is 0 Å². The second-order valence-electron chi connectivity index (χ2n) is 21.8. The molecule has 5 aliphatic carbocycles. The Kier molecular flexibility index (Phi) is 8.07. The van der Waals surface area contributed by atoms with Crippen LogP contribution in [-0.2, 0) is 12.8 Å². The number of nitrogens with zero attached hydrogens (tertiary/aromatic N) is 2. The summed E-state index contributed by atoms with van der Waals surface area (Å²) in [6.45, 7) is 4.86. The van der Waals surface area contributed by atoms with E-state index in [1.54, 1.807) is 5.57 Å². The van der Waals surface area contributed by atoms with Crippen molar-refractivity contribution in [2.24, 2.45) is 40.0 Å². The fraction of sp³-hybridized carbons (Fsp3) is 0.266. The molecule has 0 bridgehead atoms. The van der Waals surface area contributed by atoms with Crippen LogP contribution >= 0.6 is 11.3 Å². The van der Waals surface area contributed by atoms with E-state index < -0.39 is 0 Å². The Morgan fingerprint density at radius 3 is 2.48 bits per heavy atom. The van der Waals surface area contributed by atoms with Crippen molar-refractivity contribution in [2.75, 3.05) is 0 Å². The molecule has 0 radical (unpaired) electrons. The van der Waals surface area contributed by atoms with Crippen LogP contribution in [0.5, 0.6) is 0 Å². The largest absolute Gasteiger partial charge is 0.460 e. The molecule has 16 rings (SSSR count). The van der Waals surface area contributed by atoms with Gasteiger partial charge in [-0.2, -0.15) is 0 Å². The maximum Gasteiger partial charge on any atom is 0.146 e. The van der Waals surface area contributed by atoms with Crippen LogP contribution in [0.2, 0.25) is 0 Å². The summed E-state index contributed by atoms with van der Waals surface area (Å²) in [7, 11) is 0. The quantitative estimate of drug-likeness (QED) is 0.165. The van der Waals surface area contributed by atoms with E-state index in [0.717, 1.165) is 53.2 Å². The minimum Gasteiger partial charge on any atom is -0.460 e. The molecular weight excluding hydrogens is 861 g/mol. The molecule has 4 nitrogen and oxygen atoms in total. The molecule has 69 heavy (non-hydrogen) atoms. The van der Waals surface area contributed by atoms with Gasteiger partial charge in [-0.05, 0) is 102 Å². The van der Waals surface area contributed by atoms with E-state index in [2.05, 4.69) is 183 Å². The van der Waals surface area contributed by atoms with Crippen molar-refractivity contribution in [1.29, 1.82) is 0 Å². The van der Waals surface area contributed by atoms with Crippen molar-refractivity contribution in [3.8, 4) is 0 Å². The molecule has 5 heteroatoms. The SMILES string of the molecule is CC1C=Cc2c(oc3c(C4=NC(c5cccc6c5sc5ccccc56)C5CC5C5C(c6cccc7c6oc6ccccc67)N45)ccc([C@@H]4CCC5Cc6ccccc6C=C5C5(C)C=CC=CC45)c23)C1. The van der Waals surface area contributed by atoms with E-state index in [1.165, 1.54) is 82.6 Å². The van der Waals surface area contributed by atoms with Crippen molar-refractivity contribution in [3.05, 3.63) is 202 Å². The Morgan fingerprint density at radius 1 is 0.710 bits per heavy atom. The summed E-state index contributed by atoms with van der Waals surface area (Å²) in [5, 5.41) is 6.36. The molecule has 3 aromatic heterocycles. The molecule has 10 atom stereocenters. The Bertz CT molecular complexity index is 3850. The van der Waals surface area contributed by atoms with Gasteiger partial charge in [0.05, 0.1) is 23.7 Å². The number of hydrogen-bond donors (Lipinski definition) is 0. The number of hydrogen-bond acceptors (Lipinski definition) is 5. The first kappa shape index (κ1) is 39.2. The first-order chi connectivity index (χ1) is 34.0. The van der Waals surface area contributed by atoms with Gasteiger partial charge in [-0.3, -0.25) is 4.99 Å². The third-order valence-corrected chi connectivity index (χ3v) is 19.3. The van der Waals surface area contributed by atoms with Crippen molar-refractivity contribution < 1.29 is 8.83 Å². The molecule has 2 aliphatic heterocycles. The van der Waals surface area contributed by atoms with Crippen LogP contribution < -0.4 is 0 Å². The Morgan fingerprint density at radius 2 is 1.54 bits per heavy atom. The minimum atomic E-state index is -0.0989. The minimum absolute atomic E-state index is 0.0407. The van der Waals surface area contributed by atoms with Crippen molar-refractivity contribution in [3.63, 3.8) is 0 Å². The number of furan rings is 2. The fourth-order valence-electron chi connectivity index (χ4n) is 14.7. The van der Waals surface area contributed by atoms with Gasteiger partial charge < -0.3 is 13.7 Å². The van der Waals surface area contributed by atoms with Gasteiger partial charge in [0.2, 0.25) is 0 Å². The number of amidine groups is 1. The normalized spacial score (nSPS) is 29.5. The van der Waals surface area contributed by atoms with E-state index in [4.69, 9.17) is 13.8 Å². The standard InChI is InChI=1S/C64H52N2O2S/c1-35-24-26-45-54(31-35)68-61-48(29-28-42(56(45)61)39-27-25-38-32-36-13-3-4-14-37(36)33-52(38)64(2)30-10-9-21-51(39)64)63-65-57(46-19-12-18-44-41-16-6-8-23-55(41)69-62(44)46)49-34-50(49)59-58(66(59)63)47-20-11-17-43-40-15-5-7-22-53(40)67-60(43)47/h3-24,26,28-30,33,35,38-39,49-51,57-59H,25,27,31-32,34H2,1-2H3/t35?,38?,39-,49?,50?,51?,57?,58?,59?,64?,66?/m0/s1. The lowest BCUT2D eigenvalue weighted by atomic mass is 9.61. The van der Waals surface area contributed by atoms with Crippen LogP contribution in [0, 0.1) is 35.0 Å². The molecule has 0 amide bonds. The average molecular weight is 913 g/mol. The van der Waals surface area contributed by atoms with Gasteiger partial charge in [-0.15, -0.1) is 11.3 Å². The highest BCUT2D eigenvalue weighted by atomic mass is 32.1. The van der Waals surface area contributed by atoms with E-state index in [9.17, 15) is 0 Å². The first-order valence-electron chi connectivity index (χ1n) is 25.6. The summed E-state index contributed by atoms with van der Waals surface area (Å²) < 4.78 is 17.0. The van der Waals surface area contributed by atoms with Crippen LogP contribution in [0.1, 0.15) is 95.8 Å². The van der Waals surface area contributed by atoms with Gasteiger partial charge in [0.15, 0.2) is 0 Å². The summed E-state index contributed by atoms with van der Waals surface area (Å²) in [6, 6.07) is 45.8. The summed E-state index contributed by atoms with van der Waals surface area (Å²) in [5.41, 5.74) is 13.8. The van der Waals surface area contributed by atoms with Crippen molar-refractivity contribution >= 4 is 82.4 Å². The molecule has 3 fully saturated rings. The van der Waals surface area contributed by atoms with Crippen LogP contribution in [0.3, 0.4) is 0 Å². The predicted molar refractivity (Wildman–Crippen MR) is 284 cm³/mol. The average Bonchev–Trinajstić information content (AvgIpc) is 4.20. The Balaban J connectivity index is 0.903. The second-order valence-corrected chi connectivity index (χ2v) is 22.8. The molecule has 9 aromatic rings. The van der Waals surface area contributed by atoms with Crippen molar-refractivity contribution in [1.82, 2.24) is 4.90 Å².